The standard InChI is InChI=1S/C33H27F4N7O3/c1-17-11-20(40-18(2)39-17)12-24(35)31(45)44-10-9-43(14-33(44)15-47-16-33)30-22-13-38-28(27(37)29(22)41-32(42-30)46-3)21-6-4-5-19-7-8-23(34)26(36)25(19)21/h4-8,11-13H,9-10,14-16H2,1-3H3/b24-12-. The summed E-state index contributed by atoms with van der Waals surface area (Å²) in [6.07, 6.45) is 2.46. The molecule has 0 atom stereocenters. The van der Waals surface area contributed by atoms with Crippen molar-refractivity contribution in [2.24, 2.45) is 0 Å². The Bertz CT molecular complexity index is 2100. The maximum Gasteiger partial charge on any atom is 0.318 e. The molecule has 5 heterocycles. The molecule has 2 fully saturated rings. The van der Waals surface area contributed by atoms with E-state index in [2.05, 4.69) is 24.9 Å². The van der Waals surface area contributed by atoms with E-state index < -0.39 is 34.7 Å². The molecular weight excluding hydrogens is 618 g/mol. The van der Waals surface area contributed by atoms with Crippen LogP contribution in [-0.4, -0.2) is 81.2 Å². The molecule has 0 unspecified atom stereocenters. The topological polar surface area (TPSA) is 106 Å². The highest BCUT2D eigenvalue weighted by Gasteiger charge is 2.51. The summed E-state index contributed by atoms with van der Waals surface area (Å²) in [6, 6.07) is 8.51. The summed E-state index contributed by atoms with van der Waals surface area (Å²) in [5.41, 5.74) is -0.284. The lowest BCUT2D eigenvalue weighted by Gasteiger charge is -2.55. The molecule has 0 N–H and O–H groups in total. The minimum absolute atomic E-state index is 0.0538. The van der Waals surface area contributed by atoms with Gasteiger partial charge in [0.1, 0.15) is 28.4 Å². The molecule has 1 amide bonds. The normalized spacial score (nSPS) is 16.2. The Morgan fingerprint density at radius 1 is 1.02 bits per heavy atom. The van der Waals surface area contributed by atoms with Crippen molar-refractivity contribution in [1.29, 1.82) is 0 Å². The Labute approximate surface area is 265 Å². The average molecular weight is 646 g/mol. The Kier molecular flexibility index (Phi) is 7.46. The van der Waals surface area contributed by atoms with Crippen LogP contribution in [0.5, 0.6) is 6.01 Å². The van der Waals surface area contributed by atoms with Gasteiger partial charge in [0.25, 0.3) is 5.91 Å². The van der Waals surface area contributed by atoms with Crippen molar-refractivity contribution in [2.75, 3.05) is 44.9 Å². The lowest BCUT2D eigenvalue weighted by Crippen LogP contribution is -2.73. The molecule has 1 spiro atoms. The van der Waals surface area contributed by atoms with Gasteiger partial charge in [0, 0.05) is 48.6 Å². The molecule has 47 heavy (non-hydrogen) atoms. The van der Waals surface area contributed by atoms with E-state index in [0.717, 1.165) is 12.1 Å². The summed E-state index contributed by atoms with van der Waals surface area (Å²) in [5, 5.41) is 0.491. The highest BCUT2D eigenvalue weighted by Crippen LogP contribution is 2.38. The second-order valence-corrected chi connectivity index (χ2v) is 11.6. The predicted molar refractivity (Wildman–Crippen MR) is 165 cm³/mol. The Balaban J connectivity index is 1.25. The van der Waals surface area contributed by atoms with Crippen LogP contribution in [-0.2, 0) is 9.53 Å². The molecule has 3 aromatic heterocycles. The molecule has 7 rings (SSSR count). The number of methoxy groups -OCH3 is 1. The van der Waals surface area contributed by atoms with Gasteiger partial charge >= 0.3 is 6.01 Å². The van der Waals surface area contributed by atoms with E-state index in [0.29, 0.717) is 16.9 Å². The number of anilines is 1. The van der Waals surface area contributed by atoms with Gasteiger partial charge in [-0.05, 0) is 31.4 Å². The van der Waals surface area contributed by atoms with Crippen LogP contribution >= 0.6 is 0 Å². The number of rotatable bonds is 5. The van der Waals surface area contributed by atoms with Gasteiger partial charge in [0.15, 0.2) is 23.3 Å². The van der Waals surface area contributed by atoms with Crippen LogP contribution in [0, 0.1) is 31.3 Å². The van der Waals surface area contributed by atoms with E-state index in [-0.39, 0.29) is 77.9 Å². The van der Waals surface area contributed by atoms with Gasteiger partial charge in [-0.1, -0.05) is 24.3 Å². The first-order chi connectivity index (χ1) is 22.6. The van der Waals surface area contributed by atoms with E-state index in [1.54, 1.807) is 32.0 Å². The lowest BCUT2D eigenvalue weighted by molar-refractivity contribution is -0.167. The molecule has 2 aliphatic heterocycles. The minimum atomic E-state index is -1.12. The number of pyridine rings is 1. The Morgan fingerprint density at radius 2 is 1.83 bits per heavy atom. The number of aromatic nitrogens is 5. The Hall–Kier alpha value is -5.24. The van der Waals surface area contributed by atoms with Gasteiger partial charge in [-0.25, -0.2) is 27.5 Å². The molecule has 2 aliphatic rings. The summed E-state index contributed by atoms with van der Waals surface area (Å²) in [5.74, 6) is -4.10. The van der Waals surface area contributed by atoms with Crippen LogP contribution in [0.1, 0.15) is 17.2 Å². The largest absolute Gasteiger partial charge is 0.467 e. The summed E-state index contributed by atoms with van der Waals surface area (Å²) in [6.45, 7) is 4.23. The first-order valence-corrected chi connectivity index (χ1v) is 14.7. The molecule has 14 heteroatoms. The van der Waals surface area contributed by atoms with Crippen LogP contribution in [0.15, 0.2) is 48.4 Å². The van der Waals surface area contributed by atoms with Crippen molar-refractivity contribution in [1.82, 2.24) is 29.8 Å². The van der Waals surface area contributed by atoms with Gasteiger partial charge in [0.2, 0.25) is 0 Å². The average Bonchev–Trinajstić information content (AvgIpc) is 3.04. The van der Waals surface area contributed by atoms with E-state index in [1.807, 2.05) is 4.90 Å². The number of hydrogen-bond donors (Lipinski definition) is 0. The van der Waals surface area contributed by atoms with Crippen molar-refractivity contribution in [3.05, 3.63) is 83.1 Å². The number of piperazine rings is 1. The highest BCUT2D eigenvalue weighted by atomic mass is 19.2. The quantitative estimate of drug-likeness (QED) is 0.191. The molecule has 0 bridgehead atoms. The fourth-order valence-corrected chi connectivity index (χ4v) is 6.25. The number of carbonyl (C=O) groups excluding carboxylic acids is 1. The SMILES string of the molecule is COc1nc(N2CCN(C(=O)/C(F)=C/c3cc(C)nc(C)n3)C3(COC3)C2)c2cnc(-c3cccc4ccc(F)c(F)c34)c(F)c2n1. The van der Waals surface area contributed by atoms with Crippen LogP contribution in [0.4, 0.5) is 23.4 Å². The van der Waals surface area contributed by atoms with Crippen LogP contribution in [0.25, 0.3) is 39.0 Å². The van der Waals surface area contributed by atoms with Crippen LogP contribution in [0.3, 0.4) is 0 Å². The zero-order valence-corrected chi connectivity index (χ0v) is 25.5. The molecular formula is C33H27F4N7O3. The van der Waals surface area contributed by atoms with Gasteiger partial charge in [-0.3, -0.25) is 9.78 Å². The molecule has 2 saturated heterocycles. The lowest BCUT2D eigenvalue weighted by atomic mass is 9.91. The molecule has 0 radical (unpaired) electrons. The van der Waals surface area contributed by atoms with E-state index >= 15 is 8.78 Å². The number of fused-ring (bicyclic) bond motifs is 2. The predicted octanol–water partition coefficient (Wildman–Crippen LogP) is 5.11. The maximum atomic E-state index is 16.3. The number of nitrogens with zero attached hydrogens (tertiary/aromatic N) is 7. The second kappa shape index (κ2) is 11.5. The summed E-state index contributed by atoms with van der Waals surface area (Å²) < 4.78 is 71.7. The number of aryl methyl sites for hydroxylation is 2. The fraction of sp³-hybridized carbons (Fsp3) is 0.273. The van der Waals surface area contributed by atoms with Crippen molar-refractivity contribution in [2.45, 2.75) is 19.4 Å². The fourth-order valence-electron chi connectivity index (χ4n) is 6.25. The summed E-state index contributed by atoms with van der Waals surface area (Å²) in [7, 11) is 1.33. The van der Waals surface area contributed by atoms with Gasteiger partial charge < -0.3 is 19.3 Å². The van der Waals surface area contributed by atoms with Gasteiger partial charge in [-0.2, -0.15) is 9.97 Å². The number of halogens is 4. The van der Waals surface area contributed by atoms with Crippen molar-refractivity contribution in [3.63, 3.8) is 0 Å². The maximum absolute atomic E-state index is 16.3. The third kappa shape index (κ3) is 5.18. The monoisotopic (exact) mass is 645 g/mol. The molecule has 5 aromatic rings. The van der Waals surface area contributed by atoms with Crippen molar-refractivity contribution >= 4 is 39.5 Å². The van der Waals surface area contributed by atoms with Crippen LogP contribution < -0.4 is 9.64 Å². The highest BCUT2D eigenvalue weighted by molar-refractivity contribution is 6.00. The summed E-state index contributed by atoms with van der Waals surface area (Å²) >= 11 is 0. The van der Waals surface area contributed by atoms with E-state index in [9.17, 15) is 13.6 Å². The molecule has 0 saturated carbocycles. The minimum Gasteiger partial charge on any atom is -0.467 e. The molecule has 2 aromatic carbocycles. The smallest absolute Gasteiger partial charge is 0.318 e. The van der Waals surface area contributed by atoms with E-state index in [1.165, 1.54) is 30.3 Å². The van der Waals surface area contributed by atoms with Crippen molar-refractivity contribution < 1.29 is 31.8 Å². The first-order valence-electron chi connectivity index (χ1n) is 14.7. The third-order valence-electron chi connectivity index (χ3n) is 8.42. The first kappa shape index (κ1) is 30.4. The second-order valence-electron chi connectivity index (χ2n) is 11.6. The molecule has 240 valence electrons. The Morgan fingerprint density at radius 3 is 2.55 bits per heavy atom. The number of ether oxygens (including phenoxy) is 2. The zero-order valence-electron chi connectivity index (χ0n) is 25.5. The molecule has 10 nitrogen and oxygen atoms in total. The van der Waals surface area contributed by atoms with Gasteiger partial charge in [0.05, 0.1) is 31.4 Å². The number of amides is 1. The van der Waals surface area contributed by atoms with Gasteiger partial charge in [-0.15, -0.1) is 0 Å². The zero-order chi connectivity index (χ0) is 33.0. The number of benzene rings is 2. The third-order valence-corrected chi connectivity index (χ3v) is 8.42. The van der Waals surface area contributed by atoms with Crippen LogP contribution in [0.2, 0.25) is 0 Å². The summed E-state index contributed by atoms with van der Waals surface area (Å²) in [4.78, 5) is 38.1. The van der Waals surface area contributed by atoms with Crippen molar-refractivity contribution in [3.8, 4) is 17.3 Å². The number of carbonyl (C=O) groups is 1. The van der Waals surface area contributed by atoms with E-state index in [4.69, 9.17) is 9.47 Å². The molecule has 0 aliphatic carbocycles. The number of hydrogen-bond acceptors (Lipinski definition) is 9.